The predicted molar refractivity (Wildman–Crippen MR) is 124 cm³/mol. The second-order valence-electron chi connectivity index (χ2n) is 7.94. The van der Waals surface area contributed by atoms with Gasteiger partial charge in [0.1, 0.15) is 0 Å². The van der Waals surface area contributed by atoms with E-state index in [-0.39, 0.29) is 5.91 Å². The number of hydrogen-bond acceptors (Lipinski definition) is 5. The third-order valence-corrected chi connectivity index (χ3v) is 6.28. The molecule has 0 saturated carbocycles. The molecule has 5 nitrogen and oxygen atoms in total. The molecule has 30 heavy (non-hydrogen) atoms. The molecular weight excluding hydrogens is 392 g/mol. The summed E-state index contributed by atoms with van der Waals surface area (Å²) in [4.78, 5) is 18.1. The van der Waals surface area contributed by atoms with Crippen LogP contribution in [0.4, 0.5) is 5.69 Å². The molecule has 0 aromatic heterocycles. The van der Waals surface area contributed by atoms with Crippen LogP contribution in [0.5, 0.6) is 0 Å². The molecule has 1 fully saturated rings. The average Bonchev–Trinajstić information content (AvgIpc) is 2.75. The number of nitrogens with zero attached hydrogens (tertiary/aromatic N) is 3. The molecule has 0 bridgehead atoms. The highest BCUT2D eigenvalue weighted by atomic mass is 32.2. The van der Waals surface area contributed by atoms with E-state index in [0.717, 1.165) is 43.3 Å². The summed E-state index contributed by atoms with van der Waals surface area (Å²) in [5.41, 5.74) is 3.51. The van der Waals surface area contributed by atoms with Gasteiger partial charge in [-0.25, -0.2) is 0 Å². The molecule has 1 N–H and O–H groups in total. The number of piperazine rings is 1. The van der Waals surface area contributed by atoms with E-state index in [9.17, 15) is 4.79 Å². The number of hydrogen-bond donors (Lipinski definition) is 1. The predicted octanol–water partition coefficient (Wildman–Crippen LogP) is 4.18. The summed E-state index contributed by atoms with van der Waals surface area (Å²) in [7, 11) is 0. The standard InChI is InChI=1S/C24H30N4OS/c1-19(2)21-9-7-20(8-10-21)17-27-12-14-28(15-13-27)18-24(29)26-22-5-3-4-6-23(22)30-16-11-25/h3-10,19H,12-18H2,1-2H3,(H,26,29). The van der Waals surface area contributed by atoms with Gasteiger partial charge < -0.3 is 5.32 Å². The molecule has 158 valence electrons. The SMILES string of the molecule is CC(C)c1ccc(CN2CCN(CC(=O)Nc3ccccc3SCC#N)CC2)cc1. The van der Waals surface area contributed by atoms with Crippen LogP contribution in [0.1, 0.15) is 30.9 Å². The molecule has 1 amide bonds. The van der Waals surface area contributed by atoms with Crippen LogP contribution in [0.3, 0.4) is 0 Å². The van der Waals surface area contributed by atoms with Crippen LogP contribution in [0, 0.1) is 11.3 Å². The van der Waals surface area contributed by atoms with Crippen LogP contribution in [0.25, 0.3) is 0 Å². The van der Waals surface area contributed by atoms with Crippen molar-refractivity contribution < 1.29 is 4.79 Å². The van der Waals surface area contributed by atoms with Gasteiger partial charge in [0, 0.05) is 37.6 Å². The first kappa shape index (κ1) is 22.4. The van der Waals surface area contributed by atoms with Crippen molar-refractivity contribution in [2.45, 2.75) is 31.2 Å². The average molecular weight is 423 g/mol. The smallest absolute Gasteiger partial charge is 0.238 e. The highest BCUT2D eigenvalue weighted by molar-refractivity contribution is 7.99. The Kier molecular flexibility index (Phi) is 8.32. The van der Waals surface area contributed by atoms with Gasteiger partial charge in [-0.1, -0.05) is 50.2 Å². The van der Waals surface area contributed by atoms with E-state index in [2.05, 4.69) is 59.3 Å². The van der Waals surface area contributed by atoms with Crippen LogP contribution < -0.4 is 5.32 Å². The molecule has 6 heteroatoms. The summed E-state index contributed by atoms with van der Waals surface area (Å²) in [6, 6.07) is 18.7. The van der Waals surface area contributed by atoms with Crippen molar-refractivity contribution >= 4 is 23.4 Å². The van der Waals surface area contributed by atoms with Gasteiger partial charge in [-0.3, -0.25) is 14.6 Å². The second-order valence-corrected chi connectivity index (χ2v) is 8.96. The van der Waals surface area contributed by atoms with Crippen molar-refractivity contribution in [2.75, 3.05) is 43.8 Å². The Morgan fingerprint density at radius 3 is 2.40 bits per heavy atom. The second kappa shape index (κ2) is 11.2. The Labute approximate surface area is 184 Å². The van der Waals surface area contributed by atoms with Crippen LogP contribution in [-0.4, -0.2) is 54.2 Å². The van der Waals surface area contributed by atoms with Crippen molar-refractivity contribution in [1.29, 1.82) is 5.26 Å². The third-order valence-electron chi connectivity index (χ3n) is 5.34. The van der Waals surface area contributed by atoms with Crippen LogP contribution in [-0.2, 0) is 11.3 Å². The molecule has 0 atom stereocenters. The zero-order valence-corrected chi connectivity index (χ0v) is 18.6. The Hall–Kier alpha value is -2.33. The van der Waals surface area contributed by atoms with Crippen LogP contribution in [0.15, 0.2) is 53.4 Å². The molecule has 1 heterocycles. The van der Waals surface area contributed by atoms with Crippen molar-refractivity contribution in [2.24, 2.45) is 0 Å². The zero-order valence-electron chi connectivity index (χ0n) is 17.8. The molecule has 1 aliphatic rings. The van der Waals surface area contributed by atoms with Gasteiger partial charge in [0.05, 0.1) is 24.1 Å². The number of anilines is 1. The van der Waals surface area contributed by atoms with Crippen molar-refractivity contribution in [3.05, 3.63) is 59.7 Å². The maximum atomic E-state index is 12.5. The first-order valence-corrected chi connectivity index (χ1v) is 11.5. The molecule has 1 saturated heterocycles. The Bertz CT molecular complexity index is 868. The molecule has 0 radical (unpaired) electrons. The molecule has 2 aromatic rings. The monoisotopic (exact) mass is 422 g/mol. The summed E-state index contributed by atoms with van der Waals surface area (Å²) in [5.74, 6) is 0.929. The number of nitrogens with one attached hydrogen (secondary N) is 1. The van der Waals surface area contributed by atoms with E-state index in [4.69, 9.17) is 5.26 Å². The minimum Gasteiger partial charge on any atom is -0.324 e. The number of amides is 1. The van der Waals surface area contributed by atoms with Gasteiger partial charge in [-0.15, -0.1) is 11.8 Å². The number of carbonyl (C=O) groups excluding carboxylic acids is 1. The minimum absolute atomic E-state index is 0.00210. The Morgan fingerprint density at radius 2 is 1.73 bits per heavy atom. The number of thioether (sulfide) groups is 1. The summed E-state index contributed by atoms with van der Waals surface area (Å²) >= 11 is 1.44. The number of benzene rings is 2. The lowest BCUT2D eigenvalue weighted by Crippen LogP contribution is -2.48. The molecule has 3 rings (SSSR count). The summed E-state index contributed by atoms with van der Waals surface area (Å²) in [6.45, 7) is 9.50. The lowest BCUT2D eigenvalue weighted by Gasteiger charge is -2.34. The van der Waals surface area contributed by atoms with Gasteiger partial charge in [0.2, 0.25) is 5.91 Å². The van der Waals surface area contributed by atoms with E-state index in [1.54, 1.807) is 0 Å². The van der Waals surface area contributed by atoms with Gasteiger partial charge in [-0.2, -0.15) is 5.26 Å². The normalized spacial score (nSPS) is 15.1. The summed E-state index contributed by atoms with van der Waals surface area (Å²) in [5, 5.41) is 11.8. The number of rotatable bonds is 8. The number of nitriles is 1. The fourth-order valence-corrected chi connectivity index (χ4v) is 4.24. The number of para-hydroxylation sites is 1. The van der Waals surface area contributed by atoms with Crippen LogP contribution >= 0.6 is 11.8 Å². The zero-order chi connectivity index (χ0) is 21.3. The van der Waals surface area contributed by atoms with Gasteiger partial charge in [0.15, 0.2) is 0 Å². The summed E-state index contributed by atoms with van der Waals surface area (Å²) in [6.07, 6.45) is 0. The van der Waals surface area contributed by atoms with Crippen molar-refractivity contribution in [3.8, 4) is 6.07 Å². The molecule has 1 aliphatic heterocycles. The summed E-state index contributed by atoms with van der Waals surface area (Å²) < 4.78 is 0. The highest BCUT2D eigenvalue weighted by Gasteiger charge is 2.19. The maximum Gasteiger partial charge on any atom is 0.238 e. The molecule has 2 aromatic carbocycles. The first-order chi connectivity index (χ1) is 14.5. The first-order valence-electron chi connectivity index (χ1n) is 10.5. The number of carbonyl (C=O) groups is 1. The Balaban J connectivity index is 1.44. The molecular formula is C24H30N4OS. The van der Waals surface area contributed by atoms with Crippen LogP contribution in [0.2, 0.25) is 0 Å². The van der Waals surface area contributed by atoms with Gasteiger partial charge in [0.25, 0.3) is 0 Å². The van der Waals surface area contributed by atoms with E-state index in [0.29, 0.717) is 18.2 Å². The van der Waals surface area contributed by atoms with E-state index < -0.39 is 0 Å². The fraction of sp³-hybridized carbons (Fsp3) is 0.417. The largest absolute Gasteiger partial charge is 0.324 e. The van der Waals surface area contributed by atoms with E-state index in [1.165, 1.54) is 22.9 Å². The quantitative estimate of drug-likeness (QED) is 0.647. The Morgan fingerprint density at radius 1 is 1.07 bits per heavy atom. The highest BCUT2D eigenvalue weighted by Crippen LogP contribution is 2.26. The third kappa shape index (κ3) is 6.60. The lowest BCUT2D eigenvalue weighted by molar-refractivity contribution is -0.117. The van der Waals surface area contributed by atoms with Gasteiger partial charge >= 0.3 is 0 Å². The van der Waals surface area contributed by atoms with E-state index >= 15 is 0 Å². The fourth-order valence-electron chi connectivity index (χ4n) is 3.57. The molecule has 0 unspecified atom stereocenters. The lowest BCUT2D eigenvalue weighted by atomic mass is 10.0. The molecule has 0 spiro atoms. The maximum absolute atomic E-state index is 12.5. The van der Waals surface area contributed by atoms with E-state index in [1.807, 2.05) is 24.3 Å². The van der Waals surface area contributed by atoms with Crippen molar-refractivity contribution in [3.63, 3.8) is 0 Å². The molecule has 0 aliphatic carbocycles. The van der Waals surface area contributed by atoms with Crippen molar-refractivity contribution in [1.82, 2.24) is 9.80 Å². The minimum atomic E-state index is -0.00210. The van der Waals surface area contributed by atoms with Gasteiger partial charge in [-0.05, 0) is 29.2 Å². The topological polar surface area (TPSA) is 59.4 Å².